The van der Waals surface area contributed by atoms with Gasteiger partial charge in [0.25, 0.3) is 0 Å². The third-order valence-electron chi connectivity index (χ3n) is 2.67. The number of hydrogen-bond donors (Lipinski definition) is 1. The fourth-order valence-electron chi connectivity index (χ4n) is 1.64. The molecule has 0 unspecified atom stereocenters. The summed E-state index contributed by atoms with van der Waals surface area (Å²) in [6.45, 7) is 0. The highest BCUT2D eigenvalue weighted by Crippen LogP contribution is 2.35. The maximum atomic E-state index is 11.8. The summed E-state index contributed by atoms with van der Waals surface area (Å²) in [5.74, 6) is -1.32. The van der Waals surface area contributed by atoms with E-state index in [1.54, 1.807) is 18.2 Å². The molecule has 0 heterocycles. The molecule has 124 valence electrons. The van der Waals surface area contributed by atoms with Crippen LogP contribution in [0.3, 0.4) is 0 Å². The van der Waals surface area contributed by atoms with Crippen LogP contribution in [-0.2, 0) is 9.59 Å². The molecule has 0 aliphatic carbocycles. The second-order valence-electron chi connectivity index (χ2n) is 4.42. The highest BCUT2D eigenvalue weighted by atomic mass is 79.9. The normalized spacial score (nSPS) is 10.7. The Balaban J connectivity index is 2.01. The lowest BCUT2D eigenvalue weighted by atomic mass is 10.3. The fraction of sp³-hybridized carbons (Fsp3) is 0. The Morgan fingerprint density at radius 1 is 1.04 bits per heavy atom. The van der Waals surface area contributed by atoms with Crippen LogP contribution in [0.1, 0.15) is 0 Å². The van der Waals surface area contributed by atoms with E-state index < -0.39 is 11.9 Å². The first-order chi connectivity index (χ1) is 11.4. The number of esters is 1. The van der Waals surface area contributed by atoms with Gasteiger partial charge < -0.3 is 10.1 Å². The first-order valence-corrected chi connectivity index (χ1v) is 8.39. The molecule has 1 amide bonds. The summed E-state index contributed by atoms with van der Waals surface area (Å²) in [7, 11) is 0. The van der Waals surface area contributed by atoms with Gasteiger partial charge in [0, 0.05) is 21.6 Å². The summed E-state index contributed by atoms with van der Waals surface area (Å²) in [5, 5.41) is 3.10. The third-order valence-corrected chi connectivity index (χ3v) is 4.14. The number of rotatable bonds is 4. The lowest BCUT2D eigenvalue weighted by Crippen LogP contribution is -2.11. The smallest absolute Gasteiger partial charge is 0.336 e. The lowest BCUT2D eigenvalue weighted by molar-refractivity contribution is -0.129. The molecule has 4 nitrogen and oxygen atoms in total. The zero-order valence-electron chi connectivity index (χ0n) is 11.9. The van der Waals surface area contributed by atoms with Crippen LogP contribution in [0, 0.1) is 0 Å². The van der Waals surface area contributed by atoms with Crippen LogP contribution in [0.25, 0.3) is 0 Å². The number of para-hydroxylation sites is 1. The maximum Gasteiger partial charge on any atom is 0.336 e. The fourth-order valence-corrected chi connectivity index (χ4v) is 2.92. The molecule has 0 atom stereocenters. The van der Waals surface area contributed by atoms with Crippen molar-refractivity contribution in [2.75, 3.05) is 5.32 Å². The van der Waals surface area contributed by atoms with Gasteiger partial charge in [-0.3, -0.25) is 4.79 Å². The highest BCUT2D eigenvalue weighted by molar-refractivity contribution is 9.10. The minimum Gasteiger partial charge on any atom is -0.420 e. The van der Waals surface area contributed by atoms with E-state index in [4.69, 9.17) is 39.5 Å². The largest absolute Gasteiger partial charge is 0.420 e. The van der Waals surface area contributed by atoms with Crippen molar-refractivity contribution in [1.82, 2.24) is 0 Å². The van der Waals surface area contributed by atoms with Gasteiger partial charge in [-0.15, -0.1) is 0 Å². The number of hydrogen-bond acceptors (Lipinski definition) is 3. The van der Waals surface area contributed by atoms with Crippen molar-refractivity contribution in [2.24, 2.45) is 0 Å². The molecule has 2 aromatic rings. The second-order valence-corrected chi connectivity index (χ2v) is 6.53. The Hall–Kier alpha value is -1.53. The van der Waals surface area contributed by atoms with Crippen LogP contribution in [0.2, 0.25) is 15.1 Å². The topological polar surface area (TPSA) is 55.4 Å². The molecular weight excluding hydrogens is 440 g/mol. The zero-order chi connectivity index (χ0) is 17.7. The van der Waals surface area contributed by atoms with E-state index in [1.165, 1.54) is 12.1 Å². The number of amides is 1. The van der Waals surface area contributed by atoms with Crippen molar-refractivity contribution in [3.05, 3.63) is 68.1 Å². The molecule has 0 aromatic heterocycles. The van der Waals surface area contributed by atoms with Gasteiger partial charge in [0.2, 0.25) is 5.91 Å². The van der Waals surface area contributed by atoms with Crippen molar-refractivity contribution in [3.8, 4) is 5.75 Å². The van der Waals surface area contributed by atoms with Crippen LogP contribution in [0.15, 0.2) is 53.0 Å². The Bertz CT molecular complexity index is 801. The molecule has 0 radical (unpaired) electrons. The van der Waals surface area contributed by atoms with E-state index in [2.05, 4.69) is 21.2 Å². The first-order valence-electron chi connectivity index (χ1n) is 6.47. The molecule has 0 aliphatic rings. The number of carbonyl (C=O) groups is 2. The van der Waals surface area contributed by atoms with Crippen LogP contribution >= 0.6 is 50.7 Å². The summed E-state index contributed by atoms with van der Waals surface area (Å²) in [4.78, 5) is 23.6. The quantitative estimate of drug-likeness (QED) is 0.380. The Kier molecular flexibility index (Phi) is 6.69. The van der Waals surface area contributed by atoms with E-state index in [1.807, 2.05) is 6.07 Å². The SMILES string of the molecule is O=C(/C=C/C(=O)Oc1c(Cl)cc(Cl)cc1Cl)Nc1ccccc1Br. The van der Waals surface area contributed by atoms with E-state index in [9.17, 15) is 9.59 Å². The van der Waals surface area contributed by atoms with E-state index in [-0.39, 0.29) is 15.8 Å². The Labute approximate surface area is 161 Å². The molecular formula is C16H9BrCl3NO3. The number of ether oxygens (including phenoxy) is 1. The minimum absolute atomic E-state index is 0.0244. The first kappa shape index (κ1) is 18.8. The van der Waals surface area contributed by atoms with Crippen LogP contribution in [0.4, 0.5) is 5.69 Å². The molecule has 24 heavy (non-hydrogen) atoms. The highest BCUT2D eigenvalue weighted by Gasteiger charge is 2.12. The number of benzene rings is 2. The number of nitrogens with one attached hydrogen (secondary N) is 1. The average molecular weight is 450 g/mol. The molecule has 0 saturated heterocycles. The lowest BCUT2D eigenvalue weighted by Gasteiger charge is -2.07. The zero-order valence-corrected chi connectivity index (χ0v) is 15.7. The van der Waals surface area contributed by atoms with Gasteiger partial charge in [-0.05, 0) is 40.2 Å². The average Bonchev–Trinajstić information content (AvgIpc) is 2.51. The second kappa shape index (κ2) is 8.53. The van der Waals surface area contributed by atoms with Gasteiger partial charge >= 0.3 is 5.97 Å². The van der Waals surface area contributed by atoms with Crippen molar-refractivity contribution in [3.63, 3.8) is 0 Å². The number of halogens is 4. The maximum absolute atomic E-state index is 11.8. The van der Waals surface area contributed by atoms with Gasteiger partial charge in [0.1, 0.15) is 0 Å². The van der Waals surface area contributed by atoms with Crippen molar-refractivity contribution in [2.45, 2.75) is 0 Å². The Morgan fingerprint density at radius 2 is 1.67 bits per heavy atom. The van der Waals surface area contributed by atoms with Crippen LogP contribution in [0.5, 0.6) is 5.75 Å². The van der Waals surface area contributed by atoms with E-state index in [0.29, 0.717) is 15.2 Å². The summed E-state index contributed by atoms with van der Waals surface area (Å²) in [6, 6.07) is 9.84. The van der Waals surface area contributed by atoms with Crippen molar-refractivity contribution >= 4 is 68.3 Å². The van der Waals surface area contributed by atoms with E-state index >= 15 is 0 Å². The van der Waals surface area contributed by atoms with Crippen molar-refractivity contribution in [1.29, 1.82) is 0 Å². The standard InChI is InChI=1S/C16H9BrCl3NO3/c17-10-3-1-2-4-13(10)21-14(22)5-6-15(23)24-16-11(19)7-9(18)8-12(16)20/h1-8H,(H,21,22)/b6-5+. The van der Waals surface area contributed by atoms with Gasteiger partial charge in [-0.1, -0.05) is 46.9 Å². The summed E-state index contributed by atoms with van der Waals surface area (Å²) < 4.78 is 5.73. The molecule has 2 aromatic carbocycles. The third kappa shape index (κ3) is 5.24. The van der Waals surface area contributed by atoms with Crippen LogP contribution < -0.4 is 10.1 Å². The Morgan fingerprint density at radius 3 is 2.29 bits per heavy atom. The minimum atomic E-state index is -0.802. The molecule has 1 N–H and O–H groups in total. The predicted octanol–water partition coefficient (Wildman–Crippen LogP) is 5.51. The molecule has 8 heteroatoms. The van der Waals surface area contributed by atoms with Gasteiger partial charge in [0.15, 0.2) is 5.75 Å². The van der Waals surface area contributed by atoms with E-state index in [0.717, 1.165) is 12.2 Å². The van der Waals surface area contributed by atoms with Gasteiger partial charge in [-0.2, -0.15) is 0 Å². The van der Waals surface area contributed by atoms with Gasteiger partial charge in [0.05, 0.1) is 15.7 Å². The number of anilines is 1. The molecule has 0 aliphatic heterocycles. The molecule has 0 saturated carbocycles. The summed E-state index contributed by atoms with van der Waals surface area (Å²) in [6.07, 6.45) is 2.01. The van der Waals surface area contributed by atoms with Gasteiger partial charge in [-0.25, -0.2) is 4.79 Å². The molecule has 0 bridgehead atoms. The molecule has 2 rings (SSSR count). The summed E-state index contributed by atoms with van der Waals surface area (Å²) >= 11 is 20.9. The molecule has 0 spiro atoms. The predicted molar refractivity (Wildman–Crippen MR) is 99.0 cm³/mol. The summed E-state index contributed by atoms with van der Waals surface area (Å²) in [5.41, 5.74) is 0.573. The van der Waals surface area contributed by atoms with Crippen molar-refractivity contribution < 1.29 is 14.3 Å². The molecule has 0 fully saturated rings. The van der Waals surface area contributed by atoms with Crippen LogP contribution in [-0.4, -0.2) is 11.9 Å². The number of carbonyl (C=O) groups excluding carboxylic acids is 2. The monoisotopic (exact) mass is 447 g/mol.